The topological polar surface area (TPSA) is 107 Å². The van der Waals surface area contributed by atoms with Crippen molar-refractivity contribution in [3.8, 4) is 0 Å². The lowest BCUT2D eigenvalue weighted by Gasteiger charge is -2.46. The van der Waals surface area contributed by atoms with E-state index in [4.69, 9.17) is 14.9 Å². The van der Waals surface area contributed by atoms with Gasteiger partial charge in [0.15, 0.2) is 0 Å². The summed E-state index contributed by atoms with van der Waals surface area (Å²) in [6, 6.07) is 10.2. The van der Waals surface area contributed by atoms with Crippen molar-refractivity contribution < 1.29 is 29.6 Å². The Hall–Kier alpha value is -2.22. The van der Waals surface area contributed by atoms with Crippen molar-refractivity contribution in [2.24, 2.45) is 11.8 Å². The number of fused-ring (bicyclic) bond motifs is 3. The third-order valence-electron chi connectivity index (χ3n) is 6.79. The number of piperidine rings is 3. The van der Waals surface area contributed by atoms with E-state index in [-0.39, 0.29) is 0 Å². The highest BCUT2D eigenvalue weighted by Gasteiger charge is 2.42. The first-order valence-electron chi connectivity index (χ1n) is 11.1. The van der Waals surface area contributed by atoms with Crippen molar-refractivity contribution in [3.63, 3.8) is 0 Å². The van der Waals surface area contributed by atoms with Crippen LogP contribution < -0.4 is 0 Å². The maximum absolute atomic E-state index is 11.5. The lowest BCUT2D eigenvalue weighted by atomic mass is 9.80. The number of rotatable bonds is 7. The van der Waals surface area contributed by atoms with Gasteiger partial charge < -0.3 is 25.0 Å². The van der Waals surface area contributed by atoms with E-state index < -0.39 is 17.5 Å². The molecule has 2 bridgehead atoms. The lowest BCUT2D eigenvalue weighted by molar-refractivity contribution is -0.143. The summed E-state index contributed by atoms with van der Waals surface area (Å²) in [6.45, 7) is 3.98. The molecule has 1 aromatic rings. The summed E-state index contributed by atoms with van der Waals surface area (Å²) in [5, 5.41) is 27.2. The van der Waals surface area contributed by atoms with Crippen molar-refractivity contribution >= 4 is 11.9 Å². The molecular formula is C24H33NO6. The maximum Gasteiger partial charge on any atom is 0.328 e. The van der Waals surface area contributed by atoms with Gasteiger partial charge in [0.1, 0.15) is 5.60 Å². The van der Waals surface area contributed by atoms with Gasteiger partial charge in [-0.2, -0.15) is 0 Å². The zero-order chi connectivity index (χ0) is 22.3. The molecule has 31 heavy (non-hydrogen) atoms. The molecule has 5 rings (SSSR count). The molecule has 170 valence electrons. The first kappa shape index (κ1) is 23.4. The molecule has 3 saturated heterocycles. The van der Waals surface area contributed by atoms with Crippen LogP contribution in [0.2, 0.25) is 0 Å². The minimum Gasteiger partial charge on any atom is -0.478 e. The van der Waals surface area contributed by atoms with Gasteiger partial charge in [0.05, 0.1) is 12.7 Å². The van der Waals surface area contributed by atoms with Crippen LogP contribution in [0.4, 0.5) is 0 Å². The molecule has 3 aliphatic heterocycles. The molecule has 0 aromatic heterocycles. The van der Waals surface area contributed by atoms with Crippen LogP contribution >= 0.6 is 0 Å². The van der Waals surface area contributed by atoms with Crippen molar-refractivity contribution in [3.05, 3.63) is 48.0 Å². The Kier molecular flexibility index (Phi) is 8.23. The third-order valence-corrected chi connectivity index (χ3v) is 6.79. The molecule has 3 heterocycles. The highest BCUT2D eigenvalue weighted by Crippen LogP contribution is 2.41. The Morgan fingerprint density at radius 1 is 1.00 bits per heavy atom. The van der Waals surface area contributed by atoms with E-state index in [1.165, 1.54) is 38.8 Å². The smallest absolute Gasteiger partial charge is 0.328 e. The predicted molar refractivity (Wildman–Crippen MR) is 116 cm³/mol. The maximum atomic E-state index is 11.5. The number of aliphatic hydroxyl groups is 1. The molecule has 2 atom stereocenters. The highest BCUT2D eigenvalue weighted by atomic mass is 16.5. The van der Waals surface area contributed by atoms with Crippen molar-refractivity contribution in [2.75, 3.05) is 26.2 Å². The minimum atomic E-state index is -1.26. The second-order valence-electron chi connectivity index (χ2n) is 8.77. The molecule has 3 N–H and O–H groups in total. The fraction of sp³-hybridized carbons (Fsp3) is 0.583. The lowest BCUT2D eigenvalue weighted by Crippen LogP contribution is -2.53. The fourth-order valence-electron chi connectivity index (χ4n) is 5.04. The van der Waals surface area contributed by atoms with Gasteiger partial charge in [0, 0.05) is 18.7 Å². The Morgan fingerprint density at radius 3 is 2.06 bits per heavy atom. The van der Waals surface area contributed by atoms with Crippen molar-refractivity contribution in [2.45, 2.75) is 50.2 Å². The summed E-state index contributed by atoms with van der Waals surface area (Å²) in [5.41, 5.74) is 0.220. The average Bonchev–Trinajstić information content (AvgIpc) is 3.34. The van der Waals surface area contributed by atoms with E-state index >= 15 is 0 Å². The van der Waals surface area contributed by atoms with Gasteiger partial charge in [-0.05, 0) is 56.2 Å². The molecule has 0 spiro atoms. The number of carboxylic acid groups (broad SMARTS) is 2. The van der Waals surface area contributed by atoms with Gasteiger partial charge in [-0.1, -0.05) is 43.2 Å². The summed E-state index contributed by atoms with van der Waals surface area (Å²) in [5.74, 6) is -1.48. The Balaban J connectivity index is 0.000000293. The number of nitrogens with zero attached hydrogens (tertiary/aromatic N) is 1. The number of aliphatic carboxylic acids is 2. The van der Waals surface area contributed by atoms with Gasteiger partial charge in [-0.15, -0.1) is 0 Å². The highest BCUT2D eigenvalue weighted by molar-refractivity contribution is 5.89. The monoisotopic (exact) mass is 431 g/mol. The quantitative estimate of drug-likeness (QED) is 0.570. The normalized spacial score (nSPS) is 27.5. The van der Waals surface area contributed by atoms with Crippen LogP contribution in [-0.2, 0) is 19.9 Å². The van der Waals surface area contributed by atoms with Crippen LogP contribution in [0.1, 0.15) is 44.1 Å². The summed E-state index contributed by atoms with van der Waals surface area (Å²) < 4.78 is 6.36. The third kappa shape index (κ3) is 6.38. The van der Waals surface area contributed by atoms with E-state index in [1.54, 1.807) is 0 Å². The summed E-state index contributed by atoms with van der Waals surface area (Å²) >= 11 is 0. The largest absolute Gasteiger partial charge is 0.478 e. The molecule has 1 unspecified atom stereocenters. The van der Waals surface area contributed by atoms with Gasteiger partial charge >= 0.3 is 11.9 Å². The van der Waals surface area contributed by atoms with Crippen LogP contribution in [0, 0.1) is 11.8 Å². The molecule has 1 saturated carbocycles. The van der Waals surface area contributed by atoms with E-state index in [9.17, 15) is 14.7 Å². The van der Waals surface area contributed by atoms with Gasteiger partial charge in [-0.3, -0.25) is 0 Å². The average molecular weight is 432 g/mol. The van der Waals surface area contributed by atoms with E-state index in [2.05, 4.69) is 17.0 Å². The predicted octanol–water partition coefficient (Wildman–Crippen LogP) is 2.89. The summed E-state index contributed by atoms with van der Waals surface area (Å²) in [4.78, 5) is 21.6. The number of ether oxygens (including phenoxy) is 1. The minimum absolute atomic E-state index is 0.314. The van der Waals surface area contributed by atoms with Crippen LogP contribution in [0.5, 0.6) is 0 Å². The summed E-state index contributed by atoms with van der Waals surface area (Å²) in [6.07, 6.45) is 8.66. The first-order chi connectivity index (χ1) is 14.9. The number of hydrogen-bond donors (Lipinski definition) is 3. The molecule has 7 nitrogen and oxygen atoms in total. The Morgan fingerprint density at radius 2 is 1.58 bits per heavy atom. The Labute approximate surface area is 183 Å². The molecule has 1 aliphatic carbocycles. The zero-order valence-corrected chi connectivity index (χ0v) is 17.9. The number of benzene rings is 1. The van der Waals surface area contributed by atoms with E-state index in [1.807, 2.05) is 18.2 Å². The molecule has 0 amide bonds. The molecule has 7 heteroatoms. The SMILES string of the molecule is O=C(O)/C=C/C(=O)O.O[C@@](COC1CN2CCC1CC2)(c1ccccc1)C1CCCC1. The standard InChI is InChI=1S/C20H29NO2.C4H4O4/c22-20(18-8-4-5-9-18,17-6-2-1-3-7-17)15-23-19-14-21-12-10-16(19)11-13-21;5-3(6)1-2-4(7)8/h1-3,6-7,16,18-19,22H,4-5,8-15H2;1-2H,(H,5,6)(H,7,8)/b;2-1+/t19?,20-;/m0./s1. The van der Waals surface area contributed by atoms with Gasteiger partial charge in [0.2, 0.25) is 0 Å². The van der Waals surface area contributed by atoms with Crippen LogP contribution in [0.3, 0.4) is 0 Å². The second-order valence-corrected chi connectivity index (χ2v) is 8.77. The van der Waals surface area contributed by atoms with Gasteiger partial charge in [0.25, 0.3) is 0 Å². The molecule has 0 radical (unpaired) electrons. The van der Waals surface area contributed by atoms with E-state index in [0.29, 0.717) is 36.7 Å². The number of carboxylic acids is 2. The van der Waals surface area contributed by atoms with Crippen LogP contribution in [0.15, 0.2) is 42.5 Å². The van der Waals surface area contributed by atoms with Crippen molar-refractivity contribution in [1.82, 2.24) is 4.90 Å². The van der Waals surface area contributed by atoms with Gasteiger partial charge in [-0.25, -0.2) is 9.59 Å². The molecule has 4 fully saturated rings. The van der Waals surface area contributed by atoms with Crippen LogP contribution in [-0.4, -0.2) is 64.5 Å². The first-order valence-corrected chi connectivity index (χ1v) is 11.1. The number of hydrogen-bond acceptors (Lipinski definition) is 5. The van der Waals surface area contributed by atoms with Crippen molar-refractivity contribution in [1.29, 1.82) is 0 Å². The number of carbonyl (C=O) groups is 2. The Bertz CT molecular complexity index is 737. The fourth-order valence-corrected chi connectivity index (χ4v) is 5.04. The van der Waals surface area contributed by atoms with Crippen LogP contribution in [0.25, 0.3) is 0 Å². The van der Waals surface area contributed by atoms with E-state index in [0.717, 1.165) is 24.9 Å². The second kappa shape index (κ2) is 10.9. The zero-order valence-electron chi connectivity index (χ0n) is 17.9. The summed E-state index contributed by atoms with van der Waals surface area (Å²) in [7, 11) is 0. The molecular weight excluding hydrogens is 398 g/mol. The molecule has 4 aliphatic rings. The molecule has 1 aromatic carbocycles.